The van der Waals surface area contributed by atoms with Gasteiger partial charge in [-0.1, -0.05) is 24.3 Å². The normalized spacial score (nSPS) is 11.6. The lowest BCUT2D eigenvalue weighted by molar-refractivity contribution is -0.155. The Morgan fingerprint density at radius 3 is 1.65 bits per heavy atom. The van der Waals surface area contributed by atoms with Gasteiger partial charge in [-0.15, -0.1) is 0 Å². The molecule has 2 aromatic carbocycles. The molecule has 0 heterocycles. The minimum absolute atomic E-state index is 0.106. The Bertz CT molecular complexity index is 610. The van der Waals surface area contributed by atoms with Gasteiger partial charge in [-0.05, 0) is 56.2 Å². The molecule has 2 nitrogen and oxygen atoms in total. The van der Waals surface area contributed by atoms with Crippen LogP contribution in [-0.2, 0) is 9.53 Å². The molecule has 0 saturated heterocycles. The summed E-state index contributed by atoms with van der Waals surface area (Å²) >= 11 is 0. The van der Waals surface area contributed by atoms with Crippen molar-refractivity contribution in [2.75, 3.05) is 0 Å². The topological polar surface area (TPSA) is 26.3 Å². The van der Waals surface area contributed by atoms with E-state index < -0.39 is 5.60 Å². The molecule has 0 amide bonds. The molecular weight excluding hydrogens is 298 g/mol. The van der Waals surface area contributed by atoms with Gasteiger partial charge >= 0.3 is 5.97 Å². The van der Waals surface area contributed by atoms with Crippen molar-refractivity contribution in [2.45, 2.75) is 38.7 Å². The highest BCUT2D eigenvalue weighted by Crippen LogP contribution is 2.29. The molecule has 0 fully saturated rings. The molecule has 4 heteroatoms. The first-order chi connectivity index (χ1) is 10.7. The second-order valence-electron chi connectivity index (χ2n) is 6.45. The first-order valence-electron chi connectivity index (χ1n) is 7.47. The van der Waals surface area contributed by atoms with Crippen LogP contribution >= 0.6 is 0 Å². The first kappa shape index (κ1) is 17.1. The SMILES string of the molecule is CC(C)(C)OC(=O)CC(c1ccc(F)cc1)c1ccc(F)cc1. The molecule has 0 unspecified atom stereocenters. The second kappa shape index (κ2) is 6.90. The summed E-state index contributed by atoms with van der Waals surface area (Å²) in [5.74, 6) is -1.35. The molecule has 0 N–H and O–H groups in total. The third-order valence-corrected chi connectivity index (χ3v) is 3.34. The molecule has 0 aliphatic heterocycles. The number of carbonyl (C=O) groups is 1. The third-order valence-electron chi connectivity index (χ3n) is 3.34. The van der Waals surface area contributed by atoms with E-state index in [-0.39, 0.29) is 29.9 Å². The lowest BCUT2D eigenvalue weighted by Gasteiger charge is -2.23. The zero-order chi connectivity index (χ0) is 17.0. The summed E-state index contributed by atoms with van der Waals surface area (Å²) in [6, 6.07) is 11.9. The highest BCUT2D eigenvalue weighted by Gasteiger charge is 2.23. The Morgan fingerprint density at radius 1 is 0.913 bits per heavy atom. The number of hydrogen-bond donors (Lipinski definition) is 0. The highest BCUT2D eigenvalue weighted by atomic mass is 19.1. The van der Waals surface area contributed by atoms with Crippen LogP contribution in [0.15, 0.2) is 48.5 Å². The monoisotopic (exact) mass is 318 g/mol. The van der Waals surface area contributed by atoms with Crippen molar-refractivity contribution in [1.82, 2.24) is 0 Å². The number of carbonyl (C=O) groups excluding carboxylic acids is 1. The van der Waals surface area contributed by atoms with E-state index in [1.54, 1.807) is 45.0 Å². The summed E-state index contributed by atoms with van der Waals surface area (Å²) in [4.78, 5) is 12.2. The molecule has 0 radical (unpaired) electrons. The average molecular weight is 318 g/mol. The molecule has 0 aliphatic carbocycles. The molecule has 0 bridgehead atoms. The van der Waals surface area contributed by atoms with Crippen LogP contribution in [0.3, 0.4) is 0 Å². The summed E-state index contributed by atoms with van der Waals surface area (Å²) in [6.07, 6.45) is 0.106. The van der Waals surface area contributed by atoms with Crippen LogP contribution in [0.1, 0.15) is 44.2 Å². The number of esters is 1. The summed E-state index contributed by atoms with van der Waals surface area (Å²) in [6.45, 7) is 5.40. The van der Waals surface area contributed by atoms with Gasteiger partial charge in [0.1, 0.15) is 17.2 Å². The number of ether oxygens (including phenoxy) is 1. The van der Waals surface area contributed by atoms with Crippen LogP contribution in [0.2, 0.25) is 0 Å². The first-order valence-corrected chi connectivity index (χ1v) is 7.47. The maximum absolute atomic E-state index is 13.1. The van der Waals surface area contributed by atoms with Crippen molar-refractivity contribution >= 4 is 5.97 Å². The quantitative estimate of drug-likeness (QED) is 0.755. The lowest BCUT2D eigenvalue weighted by Crippen LogP contribution is -2.25. The van der Waals surface area contributed by atoms with E-state index in [9.17, 15) is 13.6 Å². The fourth-order valence-corrected chi connectivity index (χ4v) is 2.37. The van der Waals surface area contributed by atoms with Crippen LogP contribution in [-0.4, -0.2) is 11.6 Å². The predicted molar refractivity (Wildman–Crippen MR) is 85.1 cm³/mol. The van der Waals surface area contributed by atoms with Gasteiger partial charge in [0.05, 0.1) is 6.42 Å². The Kier molecular flexibility index (Phi) is 5.14. The second-order valence-corrected chi connectivity index (χ2v) is 6.45. The largest absolute Gasteiger partial charge is 0.460 e. The van der Waals surface area contributed by atoms with Crippen LogP contribution in [0.5, 0.6) is 0 Å². The Labute approximate surface area is 135 Å². The highest BCUT2D eigenvalue weighted by molar-refractivity contribution is 5.72. The van der Waals surface area contributed by atoms with Gasteiger partial charge in [0, 0.05) is 5.92 Å². The summed E-state index contributed by atoms with van der Waals surface area (Å²) in [5, 5.41) is 0. The minimum atomic E-state index is -0.576. The van der Waals surface area contributed by atoms with E-state index in [0.29, 0.717) is 0 Å². The third kappa shape index (κ3) is 5.16. The molecule has 0 atom stereocenters. The zero-order valence-corrected chi connectivity index (χ0v) is 13.5. The van der Waals surface area contributed by atoms with E-state index in [2.05, 4.69) is 0 Å². The van der Waals surface area contributed by atoms with E-state index in [1.807, 2.05) is 0 Å². The van der Waals surface area contributed by atoms with Crippen molar-refractivity contribution in [2.24, 2.45) is 0 Å². The van der Waals surface area contributed by atoms with Gasteiger partial charge < -0.3 is 4.74 Å². The molecule has 0 saturated carbocycles. The van der Waals surface area contributed by atoms with Gasteiger partial charge in [-0.3, -0.25) is 4.79 Å². The molecule has 2 rings (SSSR count). The van der Waals surface area contributed by atoms with Gasteiger partial charge in [-0.2, -0.15) is 0 Å². The number of hydrogen-bond acceptors (Lipinski definition) is 2. The van der Waals surface area contributed by atoms with Crippen molar-refractivity contribution in [3.63, 3.8) is 0 Å². The van der Waals surface area contributed by atoms with Crippen LogP contribution in [0, 0.1) is 11.6 Å². The number of benzene rings is 2. The van der Waals surface area contributed by atoms with E-state index in [1.165, 1.54) is 24.3 Å². The smallest absolute Gasteiger partial charge is 0.307 e. The number of halogens is 2. The van der Waals surface area contributed by atoms with Crippen LogP contribution in [0.4, 0.5) is 8.78 Å². The standard InChI is InChI=1S/C19H20F2O2/c1-19(2,3)23-18(22)12-17(13-4-8-15(20)9-5-13)14-6-10-16(21)11-7-14/h4-11,17H,12H2,1-3H3. The van der Waals surface area contributed by atoms with Gasteiger partial charge in [0.2, 0.25) is 0 Å². The average Bonchev–Trinajstić information content (AvgIpc) is 2.45. The van der Waals surface area contributed by atoms with Crippen molar-refractivity contribution in [3.8, 4) is 0 Å². The van der Waals surface area contributed by atoms with E-state index in [0.717, 1.165) is 11.1 Å². The van der Waals surface area contributed by atoms with Crippen molar-refractivity contribution in [1.29, 1.82) is 0 Å². The molecule has 0 aliphatic rings. The summed E-state index contributed by atoms with van der Waals surface area (Å²) in [7, 11) is 0. The Balaban J connectivity index is 2.29. The van der Waals surface area contributed by atoms with E-state index in [4.69, 9.17) is 4.74 Å². The van der Waals surface area contributed by atoms with Crippen LogP contribution < -0.4 is 0 Å². The number of rotatable bonds is 4. The zero-order valence-electron chi connectivity index (χ0n) is 13.5. The molecule has 0 spiro atoms. The van der Waals surface area contributed by atoms with Gasteiger partial charge in [-0.25, -0.2) is 8.78 Å². The molecule has 23 heavy (non-hydrogen) atoms. The fraction of sp³-hybridized carbons (Fsp3) is 0.316. The molecule has 122 valence electrons. The van der Waals surface area contributed by atoms with Gasteiger partial charge in [0.25, 0.3) is 0 Å². The molecular formula is C19H20F2O2. The molecule has 0 aromatic heterocycles. The van der Waals surface area contributed by atoms with E-state index >= 15 is 0 Å². The minimum Gasteiger partial charge on any atom is -0.460 e. The van der Waals surface area contributed by atoms with Crippen molar-refractivity contribution in [3.05, 3.63) is 71.3 Å². The maximum atomic E-state index is 13.1. The summed E-state index contributed by atoms with van der Waals surface area (Å²) < 4.78 is 31.7. The fourth-order valence-electron chi connectivity index (χ4n) is 2.37. The molecule has 2 aromatic rings. The lowest BCUT2D eigenvalue weighted by atomic mass is 9.88. The van der Waals surface area contributed by atoms with Crippen molar-refractivity contribution < 1.29 is 18.3 Å². The summed E-state index contributed by atoms with van der Waals surface area (Å²) in [5.41, 5.74) is 0.987. The Morgan fingerprint density at radius 2 is 1.30 bits per heavy atom. The maximum Gasteiger partial charge on any atom is 0.307 e. The van der Waals surface area contributed by atoms with Crippen LogP contribution in [0.25, 0.3) is 0 Å². The van der Waals surface area contributed by atoms with Gasteiger partial charge in [0.15, 0.2) is 0 Å². The predicted octanol–water partition coefficient (Wildman–Crippen LogP) is 4.83. The Hall–Kier alpha value is -2.23.